The van der Waals surface area contributed by atoms with Crippen molar-refractivity contribution in [1.29, 1.82) is 0 Å². The van der Waals surface area contributed by atoms with Crippen molar-refractivity contribution in [2.45, 2.75) is 33.7 Å². The number of hydrogen-bond donors (Lipinski definition) is 0. The van der Waals surface area contributed by atoms with Crippen molar-refractivity contribution in [2.75, 3.05) is 0 Å². The molecule has 2 heterocycles. The average Bonchev–Trinajstić information content (AvgIpc) is 3.42. The molecule has 4 aromatic rings. The molecule has 0 unspecified atom stereocenters. The summed E-state index contributed by atoms with van der Waals surface area (Å²) in [6.07, 6.45) is -4.78. The number of non-ortho nitro benzene ring substituents is 1. The number of nitro benzene ring substituents is 1. The zero-order valence-electron chi connectivity index (χ0n) is 18.3. The van der Waals surface area contributed by atoms with E-state index >= 15 is 0 Å². The van der Waals surface area contributed by atoms with Gasteiger partial charge >= 0.3 is 6.36 Å². The number of hydrogen-bond acceptors (Lipinski definition) is 8. The van der Waals surface area contributed by atoms with Crippen LogP contribution in [0.4, 0.5) is 18.9 Å². The quantitative estimate of drug-likeness (QED) is 0.275. The van der Waals surface area contributed by atoms with Crippen LogP contribution in [0, 0.1) is 17.0 Å². The Labute approximate surface area is 191 Å². The van der Waals surface area contributed by atoms with Crippen LogP contribution in [0.2, 0.25) is 0 Å². The van der Waals surface area contributed by atoms with Crippen molar-refractivity contribution in [3.05, 3.63) is 70.0 Å². The molecule has 0 aliphatic carbocycles. The predicted molar refractivity (Wildman–Crippen MR) is 114 cm³/mol. The smallest absolute Gasteiger partial charge is 0.406 e. The molecule has 0 radical (unpaired) electrons. The summed E-state index contributed by atoms with van der Waals surface area (Å²) in [5.41, 5.74) is 1.03. The number of nitro groups is 1. The van der Waals surface area contributed by atoms with Crippen molar-refractivity contribution < 1.29 is 27.4 Å². The minimum atomic E-state index is -4.78. The standard InChI is InChI=1S/C19H13F3N6O4.C2H6/c1-11-23-17(25-27(11)10-12-3-2-4-14(9-12)28(29)30)18-24-16(26-32-18)13-5-7-15(8-6-13)31-19(20,21)22;1-2/h2-9H,10H2,1H3;1-2H3. The number of nitrogens with zero attached hydrogens (tertiary/aromatic N) is 6. The summed E-state index contributed by atoms with van der Waals surface area (Å²) in [7, 11) is 0. The first-order chi connectivity index (χ1) is 16.2. The van der Waals surface area contributed by atoms with Crippen LogP contribution in [-0.4, -0.2) is 36.2 Å². The van der Waals surface area contributed by atoms with E-state index in [4.69, 9.17) is 4.52 Å². The molecule has 0 bridgehead atoms. The van der Waals surface area contributed by atoms with E-state index in [1.807, 2.05) is 13.8 Å². The van der Waals surface area contributed by atoms with Crippen molar-refractivity contribution in [2.24, 2.45) is 0 Å². The maximum atomic E-state index is 12.3. The van der Waals surface area contributed by atoms with Gasteiger partial charge in [0.2, 0.25) is 11.6 Å². The summed E-state index contributed by atoms with van der Waals surface area (Å²) in [6, 6.07) is 11.1. The van der Waals surface area contributed by atoms with Gasteiger partial charge in [-0.15, -0.1) is 18.3 Å². The molecule has 13 heteroatoms. The molecular weight excluding hydrogens is 457 g/mol. The Morgan fingerprint density at radius 3 is 2.44 bits per heavy atom. The monoisotopic (exact) mass is 476 g/mol. The second-order valence-corrected chi connectivity index (χ2v) is 6.56. The molecule has 0 amide bonds. The molecule has 0 atom stereocenters. The van der Waals surface area contributed by atoms with Crippen LogP contribution in [-0.2, 0) is 6.54 Å². The Morgan fingerprint density at radius 1 is 1.09 bits per heavy atom. The fourth-order valence-electron chi connectivity index (χ4n) is 2.84. The summed E-state index contributed by atoms with van der Waals surface area (Å²) in [5.74, 6) is 0.425. The number of aryl methyl sites for hydroxylation is 1. The molecule has 178 valence electrons. The van der Waals surface area contributed by atoms with Gasteiger partial charge in [0.25, 0.3) is 11.6 Å². The average molecular weight is 476 g/mol. The Kier molecular flexibility index (Phi) is 7.24. The predicted octanol–water partition coefficient (Wildman–Crippen LogP) is 5.18. The van der Waals surface area contributed by atoms with Gasteiger partial charge in [-0.25, -0.2) is 9.67 Å². The lowest BCUT2D eigenvalue weighted by Gasteiger charge is -2.08. The summed E-state index contributed by atoms with van der Waals surface area (Å²) in [5, 5.41) is 19.1. The highest BCUT2D eigenvalue weighted by molar-refractivity contribution is 5.57. The molecule has 2 aromatic heterocycles. The molecule has 0 spiro atoms. The molecule has 0 saturated heterocycles. The number of ether oxygens (including phenoxy) is 1. The minimum absolute atomic E-state index is 0.0107. The Bertz CT molecular complexity index is 1270. The van der Waals surface area contributed by atoms with Crippen molar-refractivity contribution in [1.82, 2.24) is 24.9 Å². The second kappa shape index (κ2) is 10.1. The van der Waals surface area contributed by atoms with E-state index in [9.17, 15) is 23.3 Å². The summed E-state index contributed by atoms with van der Waals surface area (Å²) in [4.78, 5) is 18.9. The lowest BCUT2D eigenvalue weighted by Crippen LogP contribution is -2.16. The van der Waals surface area contributed by atoms with E-state index in [2.05, 4.69) is 25.0 Å². The third-order valence-corrected chi connectivity index (χ3v) is 4.27. The third-order valence-electron chi connectivity index (χ3n) is 4.27. The van der Waals surface area contributed by atoms with Gasteiger partial charge in [0, 0.05) is 17.7 Å². The van der Waals surface area contributed by atoms with Gasteiger partial charge in [0.05, 0.1) is 11.5 Å². The summed E-state index contributed by atoms with van der Waals surface area (Å²) < 4.78 is 47.4. The number of rotatable bonds is 6. The highest BCUT2D eigenvalue weighted by atomic mass is 19.4. The fourth-order valence-corrected chi connectivity index (χ4v) is 2.84. The van der Waals surface area contributed by atoms with E-state index in [-0.39, 0.29) is 35.5 Å². The van der Waals surface area contributed by atoms with E-state index in [0.29, 0.717) is 17.0 Å². The maximum absolute atomic E-state index is 12.3. The molecule has 0 N–H and O–H groups in total. The fraction of sp³-hybridized carbons (Fsp3) is 0.238. The number of aromatic nitrogens is 5. The minimum Gasteiger partial charge on any atom is -0.406 e. The van der Waals surface area contributed by atoms with E-state index in [1.54, 1.807) is 19.1 Å². The normalized spacial score (nSPS) is 11.0. The molecule has 10 nitrogen and oxygen atoms in total. The highest BCUT2D eigenvalue weighted by Gasteiger charge is 2.31. The Morgan fingerprint density at radius 2 is 1.79 bits per heavy atom. The first-order valence-corrected chi connectivity index (χ1v) is 10.0. The van der Waals surface area contributed by atoms with Crippen LogP contribution in [0.25, 0.3) is 23.1 Å². The van der Waals surface area contributed by atoms with E-state index in [1.165, 1.54) is 28.9 Å². The van der Waals surface area contributed by atoms with Gasteiger partial charge in [0.15, 0.2) is 0 Å². The lowest BCUT2D eigenvalue weighted by atomic mass is 10.2. The van der Waals surface area contributed by atoms with Gasteiger partial charge in [-0.1, -0.05) is 31.1 Å². The van der Waals surface area contributed by atoms with Crippen LogP contribution in [0.5, 0.6) is 5.75 Å². The first-order valence-electron chi connectivity index (χ1n) is 10.0. The number of alkyl halides is 3. The summed E-state index contributed by atoms with van der Waals surface area (Å²) in [6.45, 7) is 5.94. The van der Waals surface area contributed by atoms with Crippen LogP contribution in [0.15, 0.2) is 53.1 Å². The van der Waals surface area contributed by atoms with Crippen LogP contribution < -0.4 is 4.74 Å². The molecule has 2 aromatic carbocycles. The highest BCUT2D eigenvalue weighted by Crippen LogP contribution is 2.26. The van der Waals surface area contributed by atoms with Gasteiger partial charge in [-0.3, -0.25) is 10.1 Å². The van der Waals surface area contributed by atoms with Crippen molar-refractivity contribution >= 4 is 5.69 Å². The third kappa shape index (κ3) is 5.94. The van der Waals surface area contributed by atoms with Gasteiger partial charge < -0.3 is 9.26 Å². The van der Waals surface area contributed by atoms with E-state index < -0.39 is 11.3 Å². The molecule has 0 aliphatic rings. The van der Waals surface area contributed by atoms with Gasteiger partial charge in [0.1, 0.15) is 11.6 Å². The molecule has 0 fully saturated rings. The van der Waals surface area contributed by atoms with Crippen LogP contribution >= 0.6 is 0 Å². The zero-order chi connectivity index (χ0) is 24.9. The number of halogens is 3. The molecule has 0 aliphatic heterocycles. The van der Waals surface area contributed by atoms with Crippen molar-refractivity contribution in [3.8, 4) is 28.9 Å². The van der Waals surface area contributed by atoms with Gasteiger partial charge in [-0.05, 0) is 36.8 Å². The number of benzene rings is 2. The van der Waals surface area contributed by atoms with Crippen molar-refractivity contribution in [3.63, 3.8) is 0 Å². The summed E-state index contributed by atoms with van der Waals surface area (Å²) >= 11 is 0. The molecular formula is C21H19F3N6O4. The largest absolute Gasteiger partial charge is 0.573 e. The lowest BCUT2D eigenvalue weighted by molar-refractivity contribution is -0.384. The second-order valence-electron chi connectivity index (χ2n) is 6.56. The van der Waals surface area contributed by atoms with E-state index in [0.717, 1.165) is 12.1 Å². The Hall–Kier alpha value is -4.29. The van der Waals surface area contributed by atoms with Gasteiger partial charge in [-0.2, -0.15) is 4.98 Å². The Balaban J connectivity index is 0.00000158. The molecule has 34 heavy (non-hydrogen) atoms. The first kappa shape index (κ1) is 24.4. The molecule has 0 saturated carbocycles. The SMILES string of the molecule is CC.Cc1nc(-c2nc(-c3ccc(OC(F)(F)F)cc3)no2)nn1Cc1cccc([N+](=O)[O-])c1. The van der Waals surface area contributed by atoms with Crippen LogP contribution in [0.3, 0.4) is 0 Å². The maximum Gasteiger partial charge on any atom is 0.573 e. The zero-order valence-corrected chi connectivity index (χ0v) is 18.3. The topological polar surface area (TPSA) is 122 Å². The van der Waals surface area contributed by atoms with Crippen LogP contribution in [0.1, 0.15) is 25.2 Å². The molecule has 4 rings (SSSR count).